The molecule has 1 aliphatic heterocycles. The van der Waals surface area contributed by atoms with E-state index in [0.717, 1.165) is 17.4 Å². The SMILES string of the molecule is CCOC(=O)/C=c1\s/c(=C\c2ccccc2[N+](=O)[O-])c(=O)n1CC(=O)N1CCOCC1. The lowest BCUT2D eigenvalue weighted by Crippen LogP contribution is -2.45. The van der Waals surface area contributed by atoms with Gasteiger partial charge in [-0.1, -0.05) is 12.1 Å². The molecule has 0 N–H and O–H groups in total. The van der Waals surface area contributed by atoms with E-state index in [1.807, 2.05) is 0 Å². The van der Waals surface area contributed by atoms with Crippen molar-refractivity contribution in [3.05, 3.63) is 59.5 Å². The molecule has 31 heavy (non-hydrogen) atoms. The summed E-state index contributed by atoms with van der Waals surface area (Å²) in [6.45, 7) is 3.24. The predicted octanol–water partition coefficient (Wildman–Crippen LogP) is -0.151. The summed E-state index contributed by atoms with van der Waals surface area (Å²) in [5.74, 6) is -0.924. The molecular weight excluding hydrogens is 426 g/mol. The summed E-state index contributed by atoms with van der Waals surface area (Å²) in [5.41, 5.74) is -0.414. The van der Waals surface area contributed by atoms with Crippen molar-refractivity contribution in [1.82, 2.24) is 9.47 Å². The monoisotopic (exact) mass is 447 g/mol. The second kappa shape index (κ2) is 10.1. The van der Waals surface area contributed by atoms with E-state index in [-0.39, 0.29) is 39.5 Å². The molecule has 0 aliphatic carbocycles. The number of nitro groups is 1. The number of aromatic nitrogens is 1. The lowest BCUT2D eigenvalue weighted by molar-refractivity contribution is -0.385. The van der Waals surface area contributed by atoms with Gasteiger partial charge in [0.15, 0.2) is 0 Å². The van der Waals surface area contributed by atoms with Gasteiger partial charge in [0.25, 0.3) is 11.2 Å². The van der Waals surface area contributed by atoms with Crippen molar-refractivity contribution >= 4 is 41.1 Å². The van der Waals surface area contributed by atoms with Gasteiger partial charge in [-0.05, 0) is 19.1 Å². The summed E-state index contributed by atoms with van der Waals surface area (Å²) in [7, 11) is 0. The summed E-state index contributed by atoms with van der Waals surface area (Å²) in [6, 6.07) is 6.02. The van der Waals surface area contributed by atoms with Crippen LogP contribution in [-0.2, 0) is 25.6 Å². The Bertz CT molecular complexity index is 1160. The van der Waals surface area contributed by atoms with Crippen LogP contribution in [0.1, 0.15) is 12.5 Å². The van der Waals surface area contributed by atoms with Gasteiger partial charge in [-0.3, -0.25) is 24.3 Å². The Morgan fingerprint density at radius 3 is 2.68 bits per heavy atom. The Balaban J connectivity index is 2.08. The van der Waals surface area contributed by atoms with Gasteiger partial charge in [0, 0.05) is 19.2 Å². The van der Waals surface area contributed by atoms with Gasteiger partial charge in [0.05, 0.1) is 40.9 Å². The number of rotatable bonds is 6. The van der Waals surface area contributed by atoms with Crippen LogP contribution < -0.4 is 14.8 Å². The number of hydrogen-bond acceptors (Lipinski definition) is 8. The normalized spacial score (nSPS) is 15.2. The number of amides is 1. The number of nitrogens with zero attached hydrogens (tertiary/aromatic N) is 3. The van der Waals surface area contributed by atoms with Gasteiger partial charge in [-0.15, -0.1) is 11.3 Å². The summed E-state index contributed by atoms with van der Waals surface area (Å²) >= 11 is 0.965. The first-order chi connectivity index (χ1) is 14.9. The zero-order chi connectivity index (χ0) is 22.4. The minimum Gasteiger partial charge on any atom is -0.463 e. The molecule has 1 aromatic carbocycles. The maximum Gasteiger partial charge on any atom is 0.333 e. The van der Waals surface area contributed by atoms with Crippen molar-refractivity contribution in [3.8, 4) is 0 Å². The third kappa shape index (κ3) is 5.44. The van der Waals surface area contributed by atoms with Crippen molar-refractivity contribution in [2.75, 3.05) is 32.9 Å². The maximum atomic E-state index is 13.0. The van der Waals surface area contributed by atoms with Gasteiger partial charge in [0.2, 0.25) is 5.91 Å². The van der Waals surface area contributed by atoms with Crippen LogP contribution in [-0.4, -0.2) is 59.2 Å². The second-order valence-corrected chi connectivity index (χ2v) is 7.61. The highest BCUT2D eigenvalue weighted by Crippen LogP contribution is 2.17. The third-order valence-corrected chi connectivity index (χ3v) is 5.60. The number of thiazole rings is 1. The Hall–Kier alpha value is -3.31. The van der Waals surface area contributed by atoms with E-state index in [0.29, 0.717) is 26.3 Å². The molecule has 2 aromatic rings. The lowest BCUT2D eigenvalue weighted by Gasteiger charge is -2.26. The Morgan fingerprint density at radius 2 is 2.00 bits per heavy atom. The Kier molecular flexibility index (Phi) is 7.32. The number of hydrogen-bond donors (Lipinski definition) is 0. The molecule has 10 nitrogen and oxygen atoms in total. The van der Waals surface area contributed by atoms with Crippen LogP contribution in [0.25, 0.3) is 12.2 Å². The summed E-state index contributed by atoms with van der Waals surface area (Å²) in [5, 5.41) is 11.3. The highest BCUT2D eigenvalue weighted by atomic mass is 32.1. The molecule has 1 fully saturated rings. The van der Waals surface area contributed by atoms with E-state index in [9.17, 15) is 24.5 Å². The highest BCUT2D eigenvalue weighted by Gasteiger charge is 2.19. The number of carbonyl (C=O) groups excluding carboxylic acids is 2. The van der Waals surface area contributed by atoms with Crippen LogP contribution in [0.15, 0.2) is 29.1 Å². The highest BCUT2D eigenvalue weighted by molar-refractivity contribution is 7.07. The Morgan fingerprint density at radius 1 is 1.29 bits per heavy atom. The molecule has 0 unspecified atom stereocenters. The van der Waals surface area contributed by atoms with E-state index in [1.54, 1.807) is 17.9 Å². The van der Waals surface area contributed by atoms with Crippen LogP contribution in [0.4, 0.5) is 5.69 Å². The molecule has 164 valence electrons. The molecule has 1 amide bonds. The van der Waals surface area contributed by atoms with Crippen molar-refractivity contribution in [2.45, 2.75) is 13.5 Å². The first-order valence-corrected chi connectivity index (χ1v) is 10.4. The van der Waals surface area contributed by atoms with Crippen molar-refractivity contribution < 1.29 is 24.0 Å². The number of carbonyl (C=O) groups is 2. The van der Waals surface area contributed by atoms with Crippen molar-refractivity contribution in [2.24, 2.45) is 0 Å². The number of ether oxygens (including phenoxy) is 2. The third-order valence-electron chi connectivity index (χ3n) is 4.54. The van der Waals surface area contributed by atoms with Crippen LogP contribution in [0.5, 0.6) is 0 Å². The lowest BCUT2D eigenvalue weighted by atomic mass is 10.2. The summed E-state index contributed by atoms with van der Waals surface area (Å²) < 4.78 is 11.8. The smallest absolute Gasteiger partial charge is 0.333 e. The quantitative estimate of drug-likeness (QED) is 0.343. The number of para-hydroxylation sites is 1. The van der Waals surface area contributed by atoms with Gasteiger partial charge < -0.3 is 14.4 Å². The fraction of sp³-hybridized carbons (Fsp3) is 0.350. The first kappa shape index (κ1) is 22.4. The minimum absolute atomic E-state index is 0.151. The number of esters is 1. The molecule has 3 rings (SSSR count). The number of morpholine rings is 1. The topological polar surface area (TPSA) is 121 Å². The van der Waals surface area contributed by atoms with Crippen LogP contribution >= 0.6 is 11.3 Å². The maximum absolute atomic E-state index is 13.0. The largest absolute Gasteiger partial charge is 0.463 e. The average molecular weight is 447 g/mol. The molecule has 0 atom stereocenters. The van der Waals surface area contributed by atoms with Gasteiger partial charge in [0.1, 0.15) is 11.2 Å². The molecule has 1 saturated heterocycles. The van der Waals surface area contributed by atoms with E-state index < -0.39 is 16.5 Å². The van der Waals surface area contributed by atoms with Crippen molar-refractivity contribution in [1.29, 1.82) is 0 Å². The molecule has 1 aromatic heterocycles. The zero-order valence-electron chi connectivity index (χ0n) is 16.8. The zero-order valence-corrected chi connectivity index (χ0v) is 17.6. The summed E-state index contributed by atoms with van der Waals surface area (Å²) in [4.78, 5) is 50.0. The number of nitro benzene ring substituents is 1. The fourth-order valence-electron chi connectivity index (χ4n) is 3.04. The predicted molar refractivity (Wildman–Crippen MR) is 113 cm³/mol. The van der Waals surface area contributed by atoms with Crippen LogP contribution in [0.2, 0.25) is 0 Å². The molecule has 2 heterocycles. The molecule has 0 saturated carbocycles. The molecule has 0 radical (unpaired) electrons. The fourth-order valence-corrected chi connectivity index (χ4v) is 4.06. The molecule has 11 heteroatoms. The first-order valence-electron chi connectivity index (χ1n) is 9.59. The Labute approximate surface area is 180 Å². The summed E-state index contributed by atoms with van der Waals surface area (Å²) in [6.07, 6.45) is 2.54. The van der Waals surface area contributed by atoms with E-state index >= 15 is 0 Å². The van der Waals surface area contributed by atoms with E-state index in [4.69, 9.17) is 9.47 Å². The van der Waals surface area contributed by atoms with Gasteiger partial charge >= 0.3 is 5.97 Å². The van der Waals surface area contributed by atoms with E-state index in [2.05, 4.69) is 0 Å². The van der Waals surface area contributed by atoms with Gasteiger partial charge in [-0.2, -0.15) is 0 Å². The molecule has 0 bridgehead atoms. The van der Waals surface area contributed by atoms with Crippen molar-refractivity contribution in [3.63, 3.8) is 0 Å². The average Bonchev–Trinajstić information content (AvgIpc) is 3.03. The number of benzene rings is 1. The molecule has 1 aliphatic rings. The molecule has 0 spiro atoms. The van der Waals surface area contributed by atoms with Gasteiger partial charge in [-0.25, -0.2) is 4.79 Å². The van der Waals surface area contributed by atoms with Crippen LogP contribution in [0.3, 0.4) is 0 Å². The van der Waals surface area contributed by atoms with Crippen LogP contribution in [0, 0.1) is 10.1 Å². The van der Waals surface area contributed by atoms with E-state index in [1.165, 1.54) is 28.8 Å². The minimum atomic E-state index is -0.645. The standard InChI is InChI=1S/C20H21N3O7S/c1-2-30-19(25)12-18-22(13-17(24)21-7-9-29-10-8-21)20(26)16(31-18)11-14-5-3-4-6-15(14)23(27)28/h3-6,11-12H,2,7-10,13H2,1H3/b16-11-,18-12-. The molecular formula is C20H21N3O7S. The second-order valence-electron chi connectivity index (χ2n) is 6.55.